The van der Waals surface area contributed by atoms with E-state index in [4.69, 9.17) is 0 Å². The summed E-state index contributed by atoms with van der Waals surface area (Å²) in [5.41, 5.74) is 0. The molecular formula is C20H37NO4. The Morgan fingerprint density at radius 1 is 1.04 bits per heavy atom. The fourth-order valence-corrected chi connectivity index (χ4v) is 2.60. The fraction of sp³-hybridized carbons (Fsp3) is 0.800. The summed E-state index contributed by atoms with van der Waals surface area (Å²) in [6.45, 7) is 3.79. The van der Waals surface area contributed by atoms with Crippen molar-refractivity contribution < 1.29 is 19.4 Å². The van der Waals surface area contributed by atoms with Gasteiger partial charge in [-0.1, -0.05) is 51.2 Å². The zero-order valence-corrected chi connectivity index (χ0v) is 16.3. The standard InChI is InChI=1S/C20H37NO4/c1-4-5-6-7-8-9-10-11-12-13-14-15-18(22)16-19(23)21-17(2)20(24)25-3/h9-10,17-18,22H,4-8,11-16H2,1-3H3,(H,21,23)/b10-9-/t17-,18?/m0/s1. The maximum atomic E-state index is 11.7. The number of methoxy groups -OCH3 is 1. The van der Waals surface area contributed by atoms with Crippen molar-refractivity contribution >= 4 is 11.9 Å². The van der Waals surface area contributed by atoms with E-state index in [-0.39, 0.29) is 12.3 Å². The number of rotatable bonds is 15. The van der Waals surface area contributed by atoms with Gasteiger partial charge in [0.1, 0.15) is 6.04 Å². The van der Waals surface area contributed by atoms with Gasteiger partial charge in [-0.25, -0.2) is 4.79 Å². The lowest BCUT2D eigenvalue weighted by atomic mass is 10.1. The van der Waals surface area contributed by atoms with Crippen molar-refractivity contribution in [1.29, 1.82) is 0 Å². The van der Waals surface area contributed by atoms with Crippen LogP contribution in [0.2, 0.25) is 0 Å². The number of carbonyl (C=O) groups is 2. The number of aliphatic hydroxyl groups is 1. The van der Waals surface area contributed by atoms with Gasteiger partial charge in [-0.2, -0.15) is 0 Å². The van der Waals surface area contributed by atoms with Gasteiger partial charge in [0.2, 0.25) is 5.91 Å². The van der Waals surface area contributed by atoms with Gasteiger partial charge in [0.25, 0.3) is 0 Å². The van der Waals surface area contributed by atoms with E-state index < -0.39 is 18.1 Å². The predicted molar refractivity (Wildman–Crippen MR) is 101 cm³/mol. The molecule has 5 heteroatoms. The van der Waals surface area contributed by atoms with Crippen molar-refractivity contribution in [2.45, 2.75) is 96.6 Å². The number of hydrogen-bond acceptors (Lipinski definition) is 4. The number of allylic oxidation sites excluding steroid dienone is 2. The summed E-state index contributed by atoms with van der Waals surface area (Å²) in [5.74, 6) is -0.808. The third kappa shape index (κ3) is 14.7. The average Bonchev–Trinajstić information content (AvgIpc) is 2.58. The lowest BCUT2D eigenvalue weighted by Gasteiger charge is -2.14. The highest BCUT2D eigenvalue weighted by atomic mass is 16.5. The van der Waals surface area contributed by atoms with Crippen molar-refractivity contribution in [2.75, 3.05) is 7.11 Å². The summed E-state index contributed by atoms with van der Waals surface area (Å²) in [6.07, 6.45) is 15.1. The number of hydrogen-bond donors (Lipinski definition) is 2. The van der Waals surface area contributed by atoms with Gasteiger partial charge >= 0.3 is 5.97 Å². The molecule has 25 heavy (non-hydrogen) atoms. The number of unbranched alkanes of at least 4 members (excludes halogenated alkanes) is 7. The third-order valence-corrected chi connectivity index (χ3v) is 4.15. The van der Waals surface area contributed by atoms with Crippen molar-refractivity contribution in [3.8, 4) is 0 Å². The van der Waals surface area contributed by atoms with E-state index in [1.54, 1.807) is 6.92 Å². The molecule has 2 N–H and O–H groups in total. The first-order valence-corrected chi connectivity index (χ1v) is 9.71. The van der Waals surface area contributed by atoms with Gasteiger partial charge in [-0.05, 0) is 39.0 Å². The minimum Gasteiger partial charge on any atom is -0.467 e. The molecule has 0 aromatic heterocycles. The molecule has 5 nitrogen and oxygen atoms in total. The second-order valence-corrected chi connectivity index (χ2v) is 6.63. The van der Waals surface area contributed by atoms with E-state index in [1.165, 1.54) is 39.2 Å². The lowest BCUT2D eigenvalue weighted by molar-refractivity contribution is -0.144. The molecule has 0 rings (SSSR count). The molecule has 0 saturated heterocycles. The number of nitrogens with one attached hydrogen (secondary N) is 1. The van der Waals surface area contributed by atoms with Crippen LogP contribution in [0.4, 0.5) is 0 Å². The van der Waals surface area contributed by atoms with Crippen LogP contribution in [0.1, 0.15) is 84.5 Å². The van der Waals surface area contributed by atoms with Gasteiger partial charge in [-0.15, -0.1) is 0 Å². The Kier molecular flexibility index (Phi) is 15.2. The van der Waals surface area contributed by atoms with Crippen LogP contribution in [0.5, 0.6) is 0 Å². The van der Waals surface area contributed by atoms with Crippen LogP contribution in [0.3, 0.4) is 0 Å². The van der Waals surface area contributed by atoms with Gasteiger partial charge < -0.3 is 15.2 Å². The molecule has 0 aliphatic heterocycles. The maximum Gasteiger partial charge on any atom is 0.328 e. The minimum absolute atomic E-state index is 0.0268. The Labute approximate surface area is 153 Å². The Balaban J connectivity index is 3.57. The molecule has 146 valence electrons. The smallest absolute Gasteiger partial charge is 0.328 e. The summed E-state index contributed by atoms with van der Waals surface area (Å²) in [5, 5.41) is 12.4. The number of ether oxygens (including phenoxy) is 1. The summed E-state index contributed by atoms with van der Waals surface area (Å²) in [4.78, 5) is 22.9. The highest BCUT2D eigenvalue weighted by Gasteiger charge is 2.17. The second kappa shape index (κ2) is 16.1. The maximum absolute atomic E-state index is 11.7. The molecule has 0 fully saturated rings. The monoisotopic (exact) mass is 355 g/mol. The van der Waals surface area contributed by atoms with E-state index in [2.05, 4.69) is 29.1 Å². The van der Waals surface area contributed by atoms with Crippen LogP contribution in [-0.2, 0) is 14.3 Å². The van der Waals surface area contributed by atoms with Crippen LogP contribution >= 0.6 is 0 Å². The molecule has 0 aliphatic carbocycles. The number of aliphatic hydroxyl groups excluding tert-OH is 1. The molecule has 0 aliphatic rings. The molecular weight excluding hydrogens is 318 g/mol. The van der Waals surface area contributed by atoms with Gasteiger partial charge in [0, 0.05) is 0 Å². The average molecular weight is 356 g/mol. The van der Waals surface area contributed by atoms with Crippen LogP contribution < -0.4 is 5.32 Å². The second-order valence-electron chi connectivity index (χ2n) is 6.63. The number of amides is 1. The fourth-order valence-electron chi connectivity index (χ4n) is 2.60. The topological polar surface area (TPSA) is 75.6 Å². The molecule has 0 bridgehead atoms. The SMILES string of the molecule is CCCCCC/C=C\CCCCCC(O)CC(=O)N[C@@H](C)C(=O)OC. The van der Waals surface area contributed by atoms with E-state index in [0.29, 0.717) is 6.42 Å². The molecule has 0 heterocycles. The van der Waals surface area contributed by atoms with Gasteiger partial charge in [-0.3, -0.25) is 4.79 Å². The molecule has 0 aromatic rings. The van der Waals surface area contributed by atoms with E-state index in [1.807, 2.05) is 0 Å². The first-order valence-electron chi connectivity index (χ1n) is 9.71. The molecule has 1 amide bonds. The molecule has 0 saturated carbocycles. The highest BCUT2D eigenvalue weighted by molar-refractivity contribution is 5.84. The Bertz CT molecular complexity index is 382. The molecule has 2 atom stereocenters. The van der Waals surface area contributed by atoms with Crippen LogP contribution in [0.25, 0.3) is 0 Å². The molecule has 0 aromatic carbocycles. The van der Waals surface area contributed by atoms with Crippen LogP contribution in [0, 0.1) is 0 Å². The molecule has 0 radical (unpaired) electrons. The first kappa shape index (κ1) is 23.6. The van der Waals surface area contributed by atoms with E-state index in [9.17, 15) is 14.7 Å². The molecule has 1 unspecified atom stereocenters. The normalized spacial score (nSPS) is 13.6. The lowest BCUT2D eigenvalue weighted by Crippen LogP contribution is -2.40. The highest BCUT2D eigenvalue weighted by Crippen LogP contribution is 2.09. The Morgan fingerprint density at radius 2 is 1.64 bits per heavy atom. The zero-order valence-electron chi connectivity index (χ0n) is 16.3. The number of carbonyl (C=O) groups excluding carboxylic acids is 2. The van der Waals surface area contributed by atoms with E-state index in [0.717, 1.165) is 25.7 Å². The quantitative estimate of drug-likeness (QED) is 0.265. The van der Waals surface area contributed by atoms with Crippen LogP contribution in [-0.4, -0.2) is 36.2 Å². The Hall–Kier alpha value is -1.36. The third-order valence-electron chi connectivity index (χ3n) is 4.15. The van der Waals surface area contributed by atoms with Crippen molar-refractivity contribution in [1.82, 2.24) is 5.32 Å². The van der Waals surface area contributed by atoms with E-state index >= 15 is 0 Å². The summed E-state index contributed by atoms with van der Waals surface area (Å²) < 4.78 is 4.54. The minimum atomic E-state index is -0.682. The summed E-state index contributed by atoms with van der Waals surface area (Å²) in [6, 6.07) is -0.682. The van der Waals surface area contributed by atoms with Crippen LogP contribution in [0.15, 0.2) is 12.2 Å². The van der Waals surface area contributed by atoms with Crippen molar-refractivity contribution in [3.05, 3.63) is 12.2 Å². The van der Waals surface area contributed by atoms with Gasteiger partial charge in [0.15, 0.2) is 0 Å². The largest absolute Gasteiger partial charge is 0.467 e. The van der Waals surface area contributed by atoms with Gasteiger partial charge in [0.05, 0.1) is 19.6 Å². The predicted octanol–water partition coefficient (Wildman–Crippen LogP) is 3.89. The Morgan fingerprint density at radius 3 is 2.20 bits per heavy atom. The van der Waals surface area contributed by atoms with Crippen molar-refractivity contribution in [2.24, 2.45) is 0 Å². The first-order chi connectivity index (χ1) is 12.0. The summed E-state index contributed by atoms with van der Waals surface area (Å²) >= 11 is 0. The van der Waals surface area contributed by atoms with Crippen molar-refractivity contribution in [3.63, 3.8) is 0 Å². The number of esters is 1. The summed E-state index contributed by atoms with van der Waals surface area (Å²) in [7, 11) is 1.28. The molecule has 0 spiro atoms. The zero-order chi connectivity index (χ0) is 18.9.